The molecule has 1 amide bonds. The number of carbonyl (C=O) groups excluding carboxylic acids is 1. The van der Waals surface area contributed by atoms with E-state index in [2.05, 4.69) is 5.32 Å². The molecule has 0 unspecified atom stereocenters. The number of nitro groups is 1. The molecular weight excluding hydrogens is 270 g/mol. The highest BCUT2D eigenvalue weighted by Gasteiger charge is 2.20. The van der Waals surface area contributed by atoms with E-state index in [9.17, 15) is 23.7 Å². The Morgan fingerprint density at radius 2 is 1.85 bits per heavy atom. The van der Waals surface area contributed by atoms with Crippen molar-refractivity contribution in [2.45, 2.75) is 0 Å². The van der Waals surface area contributed by atoms with Gasteiger partial charge in [0.15, 0.2) is 0 Å². The topological polar surface area (TPSA) is 72.2 Å². The quantitative estimate of drug-likeness (QED) is 0.692. The molecule has 0 saturated heterocycles. The molecule has 0 spiro atoms. The first kappa shape index (κ1) is 13.6. The van der Waals surface area contributed by atoms with E-state index in [1.54, 1.807) is 0 Å². The highest BCUT2D eigenvalue weighted by atomic mass is 19.1. The average molecular weight is 278 g/mol. The summed E-state index contributed by atoms with van der Waals surface area (Å²) >= 11 is 0. The van der Waals surface area contributed by atoms with Crippen molar-refractivity contribution in [1.82, 2.24) is 0 Å². The molecule has 0 atom stereocenters. The second-order valence-corrected chi connectivity index (χ2v) is 3.85. The first-order valence-corrected chi connectivity index (χ1v) is 5.49. The Kier molecular flexibility index (Phi) is 3.69. The van der Waals surface area contributed by atoms with Gasteiger partial charge in [0.1, 0.15) is 17.2 Å². The lowest BCUT2D eigenvalue weighted by atomic mass is 10.1. The predicted octanol–water partition coefficient (Wildman–Crippen LogP) is 3.13. The summed E-state index contributed by atoms with van der Waals surface area (Å²) in [6.45, 7) is 0. The molecule has 102 valence electrons. The van der Waals surface area contributed by atoms with Gasteiger partial charge in [-0.1, -0.05) is 12.1 Å². The zero-order valence-corrected chi connectivity index (χ0v) is 9.97. The summed E-state index contributed by atoms with van der Waals surface area (Å²) in [5.41, 5.74) is -1.03. The van der Waals surface area contributed by atoms with Crippen LogP contribution in [0.1, 0.15) is 10.4 Å². The number of rotatable bonds is 3. The Balaban J connectivity index is 2.33. The molecule has 0 aliphatic carbocycles. The van der Waals surface area contributed by atoms with Crippen LogP contribution in [0.2, 0.25) is 0 Å². The molecule has 20 heavy (non-hydrogen) atoms. The normalized spacial score (nSPS) is 10.1. The van der Waals surface area contributed by atoms with Crippen LogP contribution in [0.5, 0.6) is 0 Å². The van der Waals surface area contributed by atoms with Gasteiger partial charge >= 0.3 is 0 Å². The van der Waals surface area contributed by atoms with E-state index in [0.717, 1.165) is 24.3 Å². The minimum atomic E-state index is -0.887. The van der Waals surface area contributed by atoms with Gasteiger partial charge in [-0.05, 0) is 18.2 Å². The molecule has 0 saturated carbocycles. The minimum Gasteiger partial charge on any atom is -0.319 e. The van der Waals surface area contributed by atoms with Gasteiger partial charge in [0.2, 0.25) is 0 Å². The Morgan fingerprint density at radius 3 is 2.55 bits per heavy atom. The summed E-state index contributed by atoms with van der Waals surface area (Å²) < 4.78 is 26.4. The largest absolute Gasteiger partial charge is 0.319 e. The van der Waals surface area contributed by atoms with Gasteiger partial charge in [-0.25, -0.2) is 8.78 Å². The number of amides is 1. The number of anilines is 1. The number of para-hydroxylation sites is 1. The smallest absolute Gasteiger partial charge is 0.282 e. The molecule has 0 fully saturated rings. The summed E-state index contributed by atoms with van der Waals surface area (Å²) in [7, 11) is 0. The molecule has 1 N–H and O–H groups in total. The molecule has 0 bridgehead atoms. The van der Waals surface area contributed by atoms with Gasteiger partial charge in [0.05, 0.1) is 10.6 Å². The van der Waals surface area contributed by atoms with Crippen LogP contribution in [0, 0.1) is 21.7 Å². The van der Waals surface area contributed by atoms with Gasteiger partial charge in [0.25, 0.3) is 11.6 Å². The maximum Gasteiger partial charge on any atom is 0.282 e. The molecule has 0 aliphatic heterocycles. The van der Waals surface area contributed by atoms with Crippen molar-refractivity contribution in [3.63, 3.8) is 0 Å². The van der Waals surface area contributed by atoms with Crippen LogP contribution in [0.3, 0.4) is 0 Å². The van der Waals surface area contributed by atoms with Gasteiger partial charge in [-0.2, -0.15) is 0 Å². The molecule has 2 aromatic carbocycles. The van der Waals surface area contributed by atoms with Crippen molar-refractivity contribution in [2.75, 3.05) is 5.32 Å². The van der Waals surface area contributed by atoms with Crippen LogP contribution in [-0.4, -0.2) is 10.8 Å². The highest BCUT2D eigenvalue weighted by molar-refractivity contribution is 6.07. The fraction of sp³-hybridized carbons (Fsp3) is 0. The first-order chi connectivity index (χ1) is 9.49. The van der Waals surface area contributed by atoms with Crippen molar-refractivity contribution in [3.05, 3.63) is 69.8 Å². The number of nitrogens with one attached hydrogen (secondary N) is 1. The summed E-state index contributed by atoms with van der Waals surface area (Å²) in [5, 5.41) is 12.9. The standard InChI is InChI=1S/C13H8F2N2O3/c14-8-5-6-10(15)11(7-8)16-13(18)9-3-1-2-4-12(9)17(19)20/h1-7H,(H,16,18). The Morgan fingerprint density at radius 1 is 1.15 bits per heavy atom. The van der Waals surface area contributed by atoms with E-state index in [0.29, 0.717) is 0 Å². The molecule has 2 aromatic rings. The molecule has 0 heterocycles. The van der Waals surface area contributed by atoms with Crippen molar-refractivity contribution in [3.8, 4) is 0 Å². The fourth-order valence-electron chi connectivity index (χ4n) is 1.61. The van der Waals surface area contributed by atoms with E-state index in [1.165, 1.54) is 18.2 Å². The van der Waals surface area contributed by atoms with Gasteiger partial charge < -0.3 is 5.32 Å². The Labute approximate surface area is 112 Å². The Hall–Kier alpha value is -2.83. The van der Waals surface area contributed by atoms with Crippen molar-refractivity contribution in [2.24, 2.45) is 0 Å². The number of benzene rings is 2. The second-order valence-electron chi connectivity index (χ2n) is 3.85. The third-order valence-corrected chi connectivity index (χ3v) is 2.52. The van der Waals surface area contributed by atoms with E-state index in [4.69, 9.17) is 0 Å². The van der Waals surface area contributed by atoms with Crippen LogP contribution >= 0.6 is 0 Å². The van der Waals surface area contributed by atoms with Gasteiger partial charge in [-0.3, -0.25) is 14.9 Å². The third kappa shape index (κ3) is 2.77. The summed E-state index contributed by atoms with van der Waals surface area (Å²) in [5.74, 6) is -2.45. The monoisotopic (exact) mass is 278 g/mol. The summed E-state index contributed by atoms with van der Waals surface area (Å²) in [6, 6.07) is 7.76. The predicted molar refractivity (Wildman–Crippen MR) is 67.4 cm³/mol. The molecule has 7 heteroatoms. The molecule has 0 aromatic heterocycles. The lowest BCUT2D eigenvalue weighted by molar-refractivity contribution is -0.385. The zero-order chi connectivity index (χ0) is 14.7. The zero-order valence-electron chi connectivity index (χ0n) is 9.97. The highest BCUT2D eigenvalue weighted by Crippen LogP contribution is 2.21. The van der Waals surface area contributed by atoms with Crippen molar-refractivity contribution < 1.29 is 18.5 Å². The number of hydrogen-bond acceptors (Lipinski definition) is 3. The average Bonchev–Trinajstić information content (AvgIpc) is 2.42. The van der Waals surface area contributed by atoms with Crippen LogP contribution in [0.15, 0.2) is 42.5 Å². The number of hydrogen-bond donors (Lipinski definition) is 1. The fourth-order valence-corrected chi connectivity index (χ4v) is 1.61. The third-order valence-electron chi connectivity index (χ3n) is 2.52. The van der Waals surface area contributed by atoms with E-state index < -0.39 is 28.2 Å². The van der Waals surface area contributed by atoms with Crippen molar-refractivity contribution >= 4 is 17.3 Å². The SMILES string of the molecule is O=C(Nc1cc(F)ccc1F)c1ccccc1[N+](=O)[O-]. The first-order valence-electron chi connectivity index (χ1n) is 5.49. The number of nitro benzene ring substituents is 1. The molecule has 2 rings (SSSR count). The maximum absolute atomic E-state index is 13.4. The number of halogens is 2. The molecule has 5 nitrogen and oxygen atoms in total. The van der Waals surface area contributed by atoms with Crippen LogP contribution in [0.25, 0.3) is 0 Å². The molecule has 0 aliphatic rings. The van der Waals surface area contributed by atoms with Gasteiger partial charge in [-0.15, -0.1) is 0 Å². The maximum atomic E-state index is 13.4. The lowest BCUT2D eigenvalue weighted by Crippen LogP contribution is -2.15. The molecule has 0 radical (unpaired) electrons. The van der Waals surface area contributed by atoms with Gasteiger partial charge in [0, 0.05) is 12.1 Å². The number of carbonyl (C=O) groups is 1. The second kappa shape index (κ2) is 5.43. The van der Waals surface area contributed by atoms with E-state index >= 15 is 0 Å². The summed E-state index contributed by atoms with van der Waals surface area (Å²) in [6.07, 6.45) is 0. The molecular formula is C13H8F2N2O3. The van der Waals surface area contributed by atoms with Crippen LogP contribution < -0.4 is 5.32 Å². The van der Waals surface area contributed by atoms with Crippen LogP contribution in [-0.2, 0) is 0 Å². The summed E-state index contributed by atoms with van der Waals surface area (Å²) in [4.78, 5) is 22.0. The van der Waals surface area contributed by atoms with E-state index in [1.807, 2.05) is 0 Å². The van der Waals surface area contributed by atoms with E-state index in [-0.39, 0.29) is 11.3 Å². The lowest BCUT2D eigenvalue weighted by Gasteiger charge is -2.06. The van der Waals surface area contributed by atoms with Crippen molar-refractivity contribution in [1.29, 1.82) is 0 Å². The Bertz CT molecular complexity index is 689. The van der Waals surface area contributed by atoms with Crippen LogP contribution in [0.4, 0.5) is 20.2 Å². The minimum absolute atomic E-state index is 0.235. The number of nitrogens with zero attached hydrogens (tertiary/aromatic N) is 1.